The van der Waals surface area contributed by atoms with E-state index in [0.717, 1.165) is 0 Å². The first-order valence-electron chi connectivity index (χ1n) is 4.49. The van der Waals surface area contributed by atoms with Crippen molar-refractivity contribution in [2.24, 2.45) is 0 Å². The molecule has 0 fully saturated rings. The van der Waals surface area contributed by atoms with Crippen molar-refractivity contribution < 1.29 is 9.53 Å². The molecule has 78 valence electrons. The molecule has 0 amide bonds. The summed E-state index contributed by atoms with van der Waals surface area (Å²) in [5.41, 5.74) is 0.588. The monoisotopic (exact) mass is 221 g/mol. The molecule has 1 atom stereocenters. The third kappa shape index (κ3) is 2.47. The molecule has 0 bridgehead atoms. The largest absolute Gasteiger partial charge is 0.423 e. The third-order valence-electron chi connectivity index (χ3n) is 1.89. The Bertz CT molecular complexity index is 437. The van der Waals surface area contributed by atoms with Gasteiger partial charge >= 0.3 is 5.97 Å². The van der Waals surface area contributed by atoms with E-state index in [-0.39, 0.29) is 16.6 Å². The number of hydrogen-bond acceptors (Lipinski definition) is 3. The van der Waals surface area contributed by atoms with E-state index in [2.05, 4.69) is 4.72 Å². The van der Waals surface area contributed by atoms with Crippen molar-refractivity contribution in [2.75, 3.05) is 6.26 Å². The molecule has 1 aromatic rings. The number of ether oxygens (including phenoxy) is 1. The van der Waals surface area contributed by atoms with Gasteiger partial charge in [-0.1, -0.05) is 28.9 Å². The minimum absolute atomic E-state index is 0.0499. The molecule has 0 radical (unpaired) electrons. The van der Waals surface area contributed by atoms with Crippen LogP contribution in [0.2, 0.25) is 0 Å². The first-order chi connectivity index (χ1) is 7.25. The summed E-state index contributed by atoms with van der Waals surface area (Å²) in [5, 5.41) is 1.87. The number of benzene rings is 1. The van der Waals surface area contributed by atoms with Gasteiger partial charge in [0.2, 0.25) is 0 Å². The van der Waals surface area contributed by atoms with Crippen LogP contribution in [0.5, 0.6) is 5.75 Å². The van der Waals surface area contributed by atoms with Gasteiger partial charge in [0.25, 0.3) is 0 Å². The molecule has 1 N–H and O–H groups in total. The minimum atomic E-state index is -0.314. The van der Waals surface area contributed by atoms with E-state index in [1.54, 1.807) is 18.3 Å². The van der Waals surface area contributed by atoms with E-state index < -0.39 is 0 Å². The van der Waals surface area contributed by atoms with Crippen LogP contribution in [0.4, 0.5) is 0 Å². The molecule has 4 heteroatoms. The van der Waals surface area contributed by atoms with Crippen molar-refractivity contribution >= 4 is 22.0 Å². The van der Waals surface area contributed by atoms with Crippen LogP contribution >= 0.6 is 10.7 Å². The lowest BCUT2D eigenvalue weighted by Crippen LogP contribution is -2.11. The maximum Gasteiger partial charge on any atom is 0.345 e. The molecule has 0 aliphatic carbocycles. The van der Waals surface area contributed by atoms with E-state index in [9.17, 15) is 4.79 Å². The second kappa shape index (κ2) is 4.31. The summed E-state index contributed by atoms with van der Waals surface area (Å²) in [6.45, 7) is 0. The minimum Gasteiger partial charge on any atom is -0.423 e. The lowest BCUT2D eigenvalue weighted by Gasteiger charge is -2.01. The predicted octanol–water partition coefficient (Wildman–Crippen LogP) is 1.70. The van der Waals surface area contributed by atoms with E-state index in [0.29, 0.717) is 11.3 Å². The zero-order chi connectivity index (χ0) is 10.7. The van der Waals surface area contributed by atoms with Crippen LogP contribution in [0.25, 0.3) is 0 Å². The summed E-state index contributed by atoms with van der Waals surface area (Å²) in [7, 11) is -0.0499. The first-order valence-corrected chi connectivity index (χ1v) is 6.18. The molecule has 0 spiro atoms. The van der Waals surface area contributed by atoms with Crippen molar-refractivity contribution in [1.82, 2.24) is 4.72 Å². The van der Waals surface area contributed by atoms with Crippen molar-refractivity contribution in [1.29, 1.82) is 0 Å². The Hall–Kier alpha value is -1.55. The highest BCUT2D eigenvalue weighted by atomic mass is 32.2. The topological polar surface area (TPSA) is 38.3 Å². The average molecular weight is 221 g/mol. The van der Waals surface area contributed by atoms with Gasteiger partial charge in [0, 0.05) is 6.20 Å². The molecule has 0 saturated carbocycles. The predicted molar refractivity (Wildman–Crippen MR) is 62.9 cm³/mol. The fraction of sp³-hybridized carbons (Fsp3) is 0.0909. The second-order valence-corrected chi connectivity index (χ2v) is 4.68. The smallest absolute Gasteiger partial charge is 0.345 e. The number of esters is 1. The van der Waals surface area contributed by atoms with E-state index in [1.807, 2.05) is 29.8 Å². The van der Waals surface area contributed by atoms with E-state index in [1.165, 1.54) is 0 Å². The molecule has 0 saturated heterocycles. The number of rotatable bonds is 2. The highest BCUT2D eigenvalue weighted by molar-refractivity contribution is 8.13. The Morgan fingerprint density at radius 2 is 2.07 bits per heavy atom. The Labute approximate surface area is 90.8 Å². The molecule has 15 heavy (non-hydrogen) atoms. The van der Waals surface area contributed by atoms with Crippen molar-refractivity contribution in [3.05, 3.63) is 42.1 Å². The van der Waals surface area contributed by atoms with Gasteiger partial charge in [0.1, 0.15) is 5.75 Å². The summed E-state index contributed by atoms with van der Waals surface area (Å²) < 4.78 is 8.22. The standard InChI is InChI=1S/C11H11NO2S/c1-15-8-9(7-12-15)11(13)14-10-5-3-2-4-6-10/h2-8,12H,1H3. The highest BCUT2D eigenvalue weighted by Gasteiger charge is 2.13. The molecule has 1 aromatic carbocycles. The Kier molecular flexibility index (Phi) is 2.87. The molecule has 2 rings (SSSR count). The molecular weight excluding hydrogens is 210 g/mol. The van der Waals surface area contributed by atoms with E-state index >= 15 is 0 Å². The van der Waals surface area contributed by atoms with Crippen LogP contribution < -0.4 is 9.46 Å². The summed E-state index contributed by atoms with van der Waals surface area (Å²) >= 11 is 0. The molecule has 0 aromatic heterocycles. The fourth-order valence-electron chi connectivity index (χ4n) is 1.18. The van der Waals surface area contributed by atoms with Crippen LogP contribution in [-0.4, -0.2) is 17.6 Å². The summed E-state index contributed by atoms with van der Waals surface area (Å²) in [4.78, 5) is 11.6. The molecule has 1 aliphatic heterocycles. The Morgan fingerprint density at radius 3 is 2.67 bits per heavy atom. The fourth-order valence-corrected chi connectivity index (χ4v) is 2.10. The normalized spacial score (nSPS) is 18.7. The van der Waals surface area contributed by atoms with Crippen molar-refractivity contribution in [3.63, 3.8) is 0 Å². The Balaban J connectivity index is 2.05. The highest BCUT2D eigenvalue weighted by Crippen LogP contribution is 2.14. The van der Waals surface area contributed by atoms with Gasteiger partial charge < -0.3 is 9.46 Å². The summed E-state index contributed by atoms with van der Waals surface area (Å²) in [5.74, 6) is 0.255. The third-order valence-corrected chi connectivity index (χ3v) is 2.99. The maximum atomic E-state index is 11.6. The number of para-hydroxylation sites is 1. The quantitative estimate of drug-likeness (QED) is 0.469. The average Bonchev–Trinajstić information content (AvgIpc) is 2.66. The first kappa shape index (κ1) is 9.98. The maximum absolute atomic E-state index is 11.6. The lowest BCUT2D eigenvalue weighted by molar-refractivity contribution is -0.129. The van der Waals surface area contributed by atoms with Gasteiger partial charge in [0.15, 0.2) is 0 Å². The number of hydrogen-bond donors (Lipinski definition) is 1. The number of carbonyl (C=O) groups excluding carboxylic acids is 1. The number of nitrogens with one attached hydrogen (secondary N) is 1. The van der Waals surface area contributed by atoms with Gasteiger partial charge in [-0.2, -0.15) is 0 Å². The van der Waals surface area contributed by atoms with Gasteiger partial charge in [-0.05, 0) is 23.8 Å². The van der Waals surface area contributed by atoms with Crippen LogP contribution in [0, 0.1) is 0 Å². The SMILES string of the molecule is CS1=CC(C(=O)Oc2ccccc2)=CN1. The summed E-state index contributed by atoms with van der Waals surface area (Å²) in [6, 6.07) is 9.05. The zero-order valence-electron chi connectivity index (χ0n) is 8.27. The van der Waals surface area contributed by atoms with Gasteiger partial charge in [0.05, 0.1) is 5.57 Å². The van der Waals surface area contributed by atoms with Crippen LogP contribution in [0.1, 0.15) is 0 Å². The molecule has 1 unspecified atom stereocenters. The lowest BCUT2D eigenvalue weighted by atomic mass is 10.3. The molecule has 3 nitrogen and oxygen atoms in total. The van der Waals surface area contributed by atoms with Crippen LogP contribution in [-0.2, 0) is 4.79 Å². The number of carbonyl (C=O) groups is 1. The Morgan fingerprint density at radius 1 is 1.33 bits per heavy atom. The second-order valence-electron chi connectivity index (χ2n) is 3.10. The van der Waals surface area contributed by atoms with Crippen LogP contribution in [0.15, 0.2) is 42.1 Å². The van der Waals surface area contributed by atoms with Gasteiger partial charge in [-0.3, -0.25) is 0 Å². The van der Waals surface area contributed by atoms with Gasteiger partial charge in [-0.25, -0.2) is 4.79 Å². The molecule has 1 heterocycles. The van der Waals surface area contributed by atoms with Gasteiger partial charge in [-0.15, -0.1) is 0 Å². The van der Waals surface area contributed by atoms with Crippen molar-refractivity contribution in [3.8, 4) is 5.75 Å². The molecule has 1 aliphatic rings. The van der Waals surface area contributed by atoms with Crippen molar-refractivity contribution in [2.45, 2.75) is 0 Å². The zero-order valence-corrected chi connectivity index (χ0v) is 9.08. The molecular formula is C11H11NO2S. The van der Waals surface area contributed by atoms with E-state index in [4.69, 9.17) is 4.74 Å². The summed E-state index contributed by atoms with van der Waals surface area (Å²) in [6.07, 6.45) is 3.69. The van der Waals surface area contributed by atoms with Crippen LogP contribution in [0.3, 0.4) is 0 Å².